The molecule has 2 saturated carbocycles. The summed E-state index contributed by atoms with van der Waals surface area (Å²) < 4.78 is 0. The van der Waals surface area contributed by atoms with E-state index in [9.17, 15) is 0 Å². The van der Waals surface area contributed by atoms with Gasteiger partial charge in [-0.2, -0.15) is 0 Å². The van der Waals surface area contributed by atoms with Crippen LogP contribution in [0.25, 0.3) is 0 Å². The van der Waals surface area contributed by atoms with E-state index in [0.29, 0.717) is 5.54 Å². The first-order chi connectivity index (χ1) is 6.88. The fourth-order valence-electron chi connectivity index (χ4n) is 3.69. The second kappa shape index (κ2) is 3.49. The van der Waals surface area contributed by atoms with Crippen molar-refractivity contribution in [2.75, 3.05) is 6.54 Å². The van der Waals surface area contributed by atoms with E-state index in [1.54, 1.807) is 0 Å². The number of hydrogen-bond acceptors (Lipinski definition) is 2. The molecule has 2 unspecified atom stereocenters. The van der Waals surface area contributed by atoms with Crippen molar-refractivity contribution in [2.45, 2.75) is 69.0 Å². The van der Waals surface area contributed by atoms with E-state index in [-0.39, 0.29) is 0 Å². The molecular formula is C12H22N2. The molecule has 3 fully saturated rings. The monoisotopic (exact) mass is 194 g/mol. The van der Waals surface area contributed by atoms with Crippen molar-refractivity contribution in [1.29, 1.82) is 0 Å². The van der Waals surface area contributed by atoms with Gasteiger partial charge in [0.05, 0.1) is 0 Å². The van der Waals surface area contributed by atoms with Crippen LogP contribution < -0.4 is 10.6 Å². The number of hydrogen-bond donors (Lipinski definition) is 2. The third kappa shape index (κ3) is 1.49. The van der Waals surface area contributed by atoms with Crippen LogP contribution in [0.4, 0.5) is 0 Å². The summed E-state index contributed by atoms with van der Waals surface area (Å²) in [5.74, 6) is 0. The summed E-state index contributed by atoms with van der Waals surface area (Å²) >= 11 is 0. The van der Waals surface area contributed by atoms with Gasteiger partial charge in [-0.05, 0) is 25.7 Å². The molecule has 0 aromatic rings. The molecule has 14 heavy (non-hydrogen) atoms. The normalized spacial score (nSPS) is 41.1. The maximum Gasteiger partial charge on any atom is 0.0309 e. The third-order valence-electron chi connectivity index (χ3n) is 4.52. The van der Waals surface area contributed by atoms with Crippen molar-refractivity contribution in [3.63, 3.8) is 0 Å². The maximum absolute atomic E-state index is 3.97. The Labute approximate surface area is 86.8 Å². The minimum Gasteiger partial charge on any atom is -0.311 e. The molecular weight excluding hydrogens is 172 g/mol. The predicted molar refractivity (Wildman–Crippen MR) is 58.4 cm³/mol. The first-order valence-electron chi connectivity index (χ1n) is 6.39. The largest absolute Gasteiger partial charge is 0.311 e. The molecule has 0 aromatic carbocycles. The second-order valence-electron chi connectivity index (χ2n) is 5.51. The quantitative estimate of drug-likeness (QED) is 0.614. The van der Waals surface area contributed by atoms with E-state index in [0.717, 1.165) is 12.1 Å². The average molecular weight is 194 g/mol. The van der Waals surface area contributed by atoms with Gasteiger partial charge in [0.2, 0.25) is 0 Å². The highest BCUT2D eigenvalue weighted by Crippen LogP contribution is 2.34. The molecule has 1 spiro atoms. The highest BCUT2D eigenvalue weighted by molar-refractivity contribution is 5.04. The van der Waals surface area contributed by atoms with Crippen molar-refractivity contribution in [2.24, 2.45) is 0 Å². The SMILES string of the molecule is C1CCC2NC3(CCCC3)CNC2C1. The summed E-state index contributed by atoms with van der Waals surface area (Å²) in [6.45, 7) is 1.23. The van der Waals surface area contributed by atoms with Crippen LogP contribution in [0.5, 0.6) is 0 Å². The van der Waals surface area contributed by atoms with Crippen LogP contribution in [0.1, 0.15) is 51.4 Å². The Morgan fingerprint density at radius 1 is 0.857 bits per heavy atom. The van der Waals surface area contributed by atoms with E-state index >= 15 is 0 Å². The molecule has 2 N–H and O–H groups in total. The Morgan fingerprint density at radius 2 is 1.57 bits per heavy atom. The van der Waals surface area contributed by atoms with Gasteiger partial charge in [0.25, 0.3) is 0 Å². The standard InChI is InChI=1S/C12H22N2/c1-2-6-11-10(5-1)13-9-12(14-11)7-3-4-8-12/h10-11,13-14H,1-9H2. The fraction of sp³-hybridized carbons (Fsp3) is 1.00. The zero-order valence-corrected chi connectivity index (χ0v) is 9.02. The van der Waals surface area contributed by atoms with Gasteiger partial charge in [-0.15, -0.1) is 0 Å². The van der Waals surface area contributed by atoms with E-state index in [1.807, 2.05) is 0 Å². The van der Waals surface area contributed by atoms with E-state index in [4.69, 9.17) is 0 Å². The van der Waals surface area contributed by atoms with Gasteiger partial charge in [0.15, 0.2) is 0 Å². The number of nitrogens with one attached hydrogen (secondary N) is 2. The molecule has 1 saturated heterocycles. The van der Waals surface area contributed by atoms with Crippen LogP contribution in [0.15, 0.2) is 0 Å². The molecule has 3 aliphatic rings. The van der Waals surface area contributed by atoms with Crippen LogP contribution >= 0.6 is 0 Å². The Balaban J connectivity index is 1.70. The van der Waals surface area contributed by atoms with Crippen LogP contribution in [0.3, 0.4) is 0 Å². The van der Waals surface area contributed by atoms with Gasteiger partial charge < -0.3 is 10.6 Å². The van der Waals surface area contributed by atoms with Gasteiger partial charge >= 0.3 is 0 Å². The Morgan fingerprint density at radius 3 is 2.36 bits per heavy atom. The van der Waals surface area contributed by atoms with Gasteiger partial charge in [-0.25, -0.2) is 0 Å². The number of rotatable bonds is 0. The molecule has 2 nitrogen and oxygen atoms in total. The van der Waals surface area contributed by atoms with E-state index in [2.05, 4.69) is 10.6 Å². The minimum absolute atomic E-state index is 0.499. The second-order valence-corrected chi connectivity index (χ2v) is 5.51. The Hall–Kier alpha value is -0.0800. The molecule has 2 heteroatoms. The maximum atomic E-state index is 3.97. The lowest BCUT2D eigenvalue weighted by Crippen LogP contribution is -2.67. The molecule has 0 aromatic heterocycles. The van der Waals surface area contributed by atoms with Gasteiger partial charge in [0, 0.05) is 24.2 Å². The highest BCUT2D eigenvalue weighted by Gasteiger charge is 2.41. The number of piperazine rings is 1. The molecule has 2 atom stereocenters. The first-order valence-corrected chi connectivity index (χ1v) is 6.39. The highest BCUT2D eigenvalue weighted by atomic mass is 15.2. The molecule has 3 rings (SSSR count). The summed E-state index contributed by atoms with van der Waals surface area (Å²) in [6.07, 6.45) is 11.4. The van der Waals surface area contributed by atoms with Crippen LogP contribution in [-0.2, 0) is 0 Å². The smallest absolute Gasteiger partial charge is 0.0309 e. The van der Waals surface area contributed by atoms with Gasteiger partial charge in [-0.1, -0.05) is 25.7 Å². The average Bonchev–Trinajstić information content (AvgIpc) is 2.66. The van der Waals surface area contributed by atoms with Crippen LogP contribution in [0.2, 0.25) is 0 Å². The van der Waals surface area contributed by atoms with E-state index < -0.39 is 0 Å². The van der Waals surface area contributed by atoms with Crippen molar-refractivity contribution in [3.8, 4) is 0 Å². The molecule has 80 valence electrons. The van der Waals surface area contributed by atoms with Crippen molar-refractivity contribution < 1.29 is 0 Å². The Bertz CT molecular complexity index is 208. The van der Waals surface area contributed by atoms with E-state index in [1.165, 1.54) is 57.9 Å². The topological polar surface area (TPSA) is 24.1 Å². The summed E-state index contributed by atoms with van der Waals surface area (Å²) in [7, 11) is 0. The number of fused-ring (bicyclic) bond motifs is 1. The first kappa shape index (κ1) is 9.17. The summed E-state index contributed by atoms with van der Waals surface area (Å²) in [5.41, 5.74) is 0.499. The molecule has 1 aliphatic heterocycles. The third-order valence-corrected chi connectivity index (χ3v) is 4.52. The molecule has 1 heterocycles. The lowest BCUT2D eigenvalue weighted by Gasteiger charge is -2.47. The van der Waals surface area contributed by atoms with Gasteiger partial charge in [0.1, 0.15) is 0 Å². The fourth-order valence-corrected chi connectivity index (χ4v) is 3.69. The zero-order valence-electron chi connectivity index (χ0n) is 9.02. The summed E-state index contributed by atoms with van der Waals surface area (Å²) in [6, 6.07) is 1.57. The van der Waals surface area contributed by atoms with Crippen molar-refractivity contribution >= 4 is 0 Å². The molecule has 0 radical (unpaired) electrons. The minimum atomic E-state index is 0.499. The molecule has 2 aliphatic carbocycles. The van der Waals surface area contributed by atoms with Crippen molar-refractivity contribution in [1.82, 2.24) is 10.6 Å². The van der Waals surface area contributed by atoms with Gasteiger partial charge in [-0.3, -0.25) is 0 Å². The molecule has 0 amide bonds. The summed E-state index contributed by atoms with van der Waals surface area (Å²) in [4.78, 5) is 0. The predicted octanol–water partition coefficient (Wildman–Crippen LogP) is 1.80. The molecule has 0 bridgehead atoms. The van der Waals surface area contributed by atoms with Crippen LogP contribution in [-0.4, -0.2) is 24.2 Å². The lowest BCUT2D eigenvalue weighted by atomic mass is 9.83. The van der Waals surface area contributed by atoms with Crippen LogP contribution in [0, 0.1) is 0 Å². The zero-order chi connectivity index (χ0) is 9.43. The summed E-state index contributed by atoms with van der Waals surface area (Å²) in [5, 5.41) is 7.76. The van der Waals surface area contributed by atoms with Crippen molar-refractivity contribution in [3.05, 3.63) is 0 Å². The Kier molecular flexibility index (Phi) is 2.29. The lowest BCUT2D eigenvalue weighted by molar-refractivity contribution is 0.149.